The van der Waals surface area contributed by atoms with Gasteiger partial charge in [-0.15, -0.1) is 0 Å². The van der Waals surface area contributed by atoms with E-state index in [1.54, 1.807) is 12.4 Å². The van der Waals surface area contributed by atoms with Gasteiger partial charge in [-0.05, 0) is 18.6 Å². The van der Waals surface area contributed by atoms with Crippen LogP contribution in [0.5, 0.6) is 0 Å². The van der Waals surface area contributed by atoms with Crippen molar-refractivity contribution in [2.24, 2.45) is 0 Å². The molecule has 0 radical (unpaired) electrons. The molecule has 0 fully saturated rings. The Morgan fingerprint density at radius 1 is 1.25 bits per heavy atom. The van der Waals surface area contributed by atoms with E-state index in [4.69, 9.17) is 0 Å². The van der Waals surface area contributed by atoms with Crippen molar-refractivity contribution in [3.63, 3.8) is 0 Å². The Morgan fingerprint density at radius 3 is 2.75 bits per heavy atom. The summed E-state index contributed by atoms with van der Waals surface area (Å²) < 4.78 is 0. The maximum atomic E-state index is 9.78. The van der Waals surface area contributed by atoms with E-state index in [9.17, 15) is 5.11 Å². The molecule has 2 atom stereocenters. The van der Waals surface area contributed by atoms with Crippen LogP contribution in [0, 0.1) is 0 Å². The van der Waals surface area contributed by atoms with Crippen LogP contribution in [0.25, 0.3) is 11.2 Å². The number of fused-ring (bicyclic) bond motifs is 1. The highest BCUT2D eigenvalue weighted by atomic mass is 16.3. The molecule has 0 saturated carbocycles. The topological polar surface area (TPSA) is 58.9 Å². The molecule has 0 aromatic carbocycles. The number of pyridine rings is 1. The Morgan fingerprint density at radius 2 is 2.00 bits per heavy atom. The maximum Gasteiger partial charge on any atom is 0.178 e. The quantitative estimate of drug-likeness (QED) is 0.853. The lowest BCUT2D eigenvalue weighted by Crippen LogP contribution is -2.15. The fourth-order valence-electron chi connectivity index (χ4n) is 1.67. The van der Waals surface area contributed by atoms with Crippen LogP contribution >= 0.6 is 0 Å². The van der Waals surface area contributed by atoms with Crippen molar-refractivity contribution < 1.29 is 5.11 Å². The van der Waals surface area contributed by atoms with Gasteiger partial charge in [-0.3, -0.25) is 4.98 Å². The molecule has 0 bridgehead atoms. The summed E-state index contributed by atoms with van der Waals surface area (Å²) in [6.07, 6.45) is 3.64. The van der Waals surface area contributed by atoms with Gasteiger partial charge < -0.3 is 5.11 Å². The molecule has 84 valence electrons. The fraction of sp³-hybridized carbons (Fsp3) is 0.417. The average molecular weight is 217 g/mol. The summed E-state index contributed by atoms with van der Waals surface area (Å²) in [6.45, 7) is 3.93. The minimum atomic E-state index is -0.360. The minimum Gasteiger partial charge on any atom is -0.392 e. The summed E-state index contributed by atoms with van der Waals surface area (Å²) in [6, 6.07) is 3.80. The predicted octanol–water partition coefficient (Wildman–Crippen LogP) is 1.90. The number of rotatable bonds is 3. The first-order chi connectivity index (χ1) is 7.72. The largest absolute Gasteiger partial charge is 0.392 e. The first-order valence-electron chi connectivity index (χ1n) is 5.48. The van der Waals surface area contributed by atoms with Gasteiger partial charge in [0, 0.05) is 24.0 Å². The summed E-state index contributed by atoms with van der Waals surface area (Å²) in [4.78, 5) is 12.7. The minimum absolute atomic E-state index is 0.0245. The lowest BCUT2D eigenvalue weighted by Gasteiger charge is -2.16. The Kier molecular flexibility index (Phi) is 3.10. The molecule has 2 aromatic rings. The van der Waals surface area contributed by atoms with E-state index < -0.39 is 0 Å². The average Bonchev–Trinajstić information content (AvgIpc) is 2.36. The van der Waals surface area contributed by atoms with E-state index >= 15 is 0 Å². The van der Waals surface area contributed by atoms with Crippen molar-refractivity contribution >= 4 is 11.2 Å². The Labute approximate surface area is 94.4 Å². The van der Waals surface area contributed by atoms with E-state index in [1.807, 2.05) is 26.0 Å². The predicted molar refractivity (Wildman–Crippen MR) is 62.0 cm³/mol. The number of hydrogen-bond acceptors (Lipinski definition) is 4. The van der Waals surface area contributed by atoms with Gasteiger partial charge in [0.2, 0.25) is 0 Å². The van der Waals surface area contributed by atoms with Gasteiger partial charge in [-0.25, -0.2) is 9.97 Å². The molecule has 0 saturated heterocycles. The van der Waals surface area contributed by atoms with Crippen LogP contribution in [0.15, 0.2) is 24.5 Å². The van der Waals surface area contributed by atoms with Crippen LogP contribution in [-0.2, 0) is 0 Å². The molecule has 4 nitrogen and oxygen atoms in total. The summed E-state index contributed by atoms with van der Waals surface area (Å²) in [5.74, 6) is 0.0245. The second-order valence-electron chi connectivity index (χ2n) is 3.90. The van der Waals surface area contributed by atoms with Crippen molar-refractivity contribution in [2.75, 3.05) is 0 Å². The molecule has 1 N–H and O–H groups in total. The normalized spacial score (nSPS) is 14.9. The molecule has 0 aliphatic heterocycles. The summed E-state index contributed by atoms with van der Waals surface area (Å²) in [5.41, 5.74) is 2.28. The molecule has 2 aromatic heterocycles. The highest BCUT2D eigenvalue weighted by molar-refractivity contribution is 5.68. The van der Waals surface area contributed by atoms with Crippen LogP contribution in [0.2, 0.25) is 0 Å². The van der Waals surface area contributed by atoms with Crippen molar-refractivity contribution in [2.45, 2.75) is 32.3 Å². The molecule has 2 rings (SSSR count). The van der Waals surface area contributed by atoms with Crippen molar-refractivity contribution in [1.82, 2.24) is 15.0 Å². The first kappa shape index (κ1) is 11.0. The summed E-state index contributed by atoms with van der Waals surface area (Å²) >= 11 is 0. The van der Waals surface area contributed by atoms with Gasteiger partial charge in [-0.2, -0.15) is 0 Å². The van der Waals surface area contributed by atoms with Crippen molar-refractivity contribution in [1.29, 1.82) is 0 Å². The van der Waals surface area contributed by atoms with Gasteiger partial charge in [0.05, 0.1) is 6.10 Å². The molecule has 0 amide bonds. The zero-order valence-corrected chi connectivity index (χ0v) is 9.46. The molecule has 16 heavy (non-hydrogen) atoms. The molecule has 0 aliphatic rings. The number of aliphatic hydroxyl groups excluding tert-OH is 1. The standard InChI is InChI=1S/C12H15N3O/c1-3-11(16)8(2)9-4-5-10-12(15-9)14-7-6-13-10/h4-8,11,16H,3H2,1-2H3. The molecular weight excluding hydrogens is 202 g/mol. The second-order valence-corrected chi connectivity index (χ2v) is 3.90. The third-order valence-electron chi connectivity index (χ3n) is 2.82. The number of nitrogens with zero attached hydrogens (tertiary/aromatic N) is 3. The fourth-order valence-corrected chi connectivity index (χ4v) is 1.67. The molecule has 4 heteroatoms. The number of hydrogen-bond donors (Lipinski definition) is 1. The Hall–Kier alpha value is -1.55. The van der Waals surface area contributed by atoms with Crippen molar-refractivity contribution in [3.05, 3.63) is 30.2 Å². The highest BCUT2D eigenvalue weighted by Crippen LogP contribution is 2.20. The number of aromatic nitrogens is 3. The first-order valence-corrected chi connectivity index (χ1v) is 5.48. The zero-order valence-electron chi connectivity index (χ0n) is 9.46. The van der Waals surface area contributed by atoms with Gasteiger partial charge in [0.25, 0.3) is 0 Å². The lowest BCUT2D eigenvalue weighted by atomic mass is 9.98. The summed E-state index contributed by atoms with van der Waals surface area (Å²) in [7, 11) is 0. The van der Waals surface area contributed by atoms with Crippen LogP contribution in [0.1, 0.15) is 31.9 Å². The molecule has 0 aliphatic carbocycles. The van der Waals surface area contributed by atoms with E-state index in [0.29, 0.717) is 5.65 Å². The van der Waals surface area contributed by atoms with Gasteiger partial charge in [0.1, 0.15) is 5.52 Å². The Bertz CT molecular complexity index is 486. The molecular formula is C12H15N3O. The van der Waals surface area contributed by atoms with E-state index in [1.165, 1.54) is 0 Å². The van der Waals surface area contributed by atoms with Gasteiger partial charge >= 0.3 is 0 Å². The van der Waals surface area contributed by atoms with Crippen LogP contribution in [0.4, 0.5) is 0 Å². The van der Waals surface area contributed by atoms with Crippen molar-refractivity contribution in [3.8, 4) is 0 Å². The lowest BCUT2D eigenvalue weighted by molar-refractivity contribution is 0.144. The molecule has 2 heterocycles. The number of aliphatic hydroxyl groups is 1. The summed E-state index contributed by atoms with van der Waals surface area (Å²) in [5, 5.41) is 9.78. The second kappa shape index (κ2) is 4.53. The van der Waals surface area contributed by atoms with Crippen LogP contribution in [-0.4, -0.2) is 26.2 Å². The zero-order chi connectivity index (χ0) is 11.5. The smallest absolute Gasteiger partial charge is 0.178 e. The van der Waals surface area contributed by atoms with E-state index in [-0.39, 0.29) is 12.0 Å². The van der Waals surface area contributed by atoms with E-state index in [2.05, 4.69) is 15.0 Å². The Balaban J connectivity index is 2.39. The monoisotopic (exact) mass is 217 g/mol. The van der Waals surface area contributed by atoms with Crippen LogP contribution in [0.3, 0.4) is 0 Å². The molecule has 0 spiro atoms. The molecule has 2 unspecified atom stereocenters. The third-order valence-corrected chi connectivity index (χ3v) is 2.82. The van der Waals surface area contributed by atoms with Gasteiger partial charge in [0.15, 0.2) is 5.65 Å². The maximum absolute atomic E-state index is 9.78. The van der Waals surface area contributed by atoms with E-state index in [0.717, 1.165) is 17.6 Å². The van der Waals surface area contributed by atoms with Gasteiger partial charge in [-0.1, -0.05) is 13.8 Å². The highest BCUT2D eigenvalue weighted by Gasteiger charge is 2.16. The SMILES string of the molecule is CCC(O)C(C)c1ccc2nccnc2n1. The van der Waals surface area contributed by atoms with Crippen LogP contribution < -0.4 is 0 Å². The third kappa shape index (κ3) is 2.02.